The van der Waals surface area contributed by atoms with Crippen LogP contribution in [0.1, 0.15) is 41.2 Å². The Hall–Kier alpha value is -1.61. The van der Waals surface area contributed by atoms with Crippen molar-refractivity contribution in [2.45, 2.75) is 25.3 Å². The van der Waals surface area contributed by atoms with Crippen molar-refractivity contribution >= 4 is 5.97 Å². The number of carboxylic acids is 1. The van der Waals surface area contributed by atoms with Gasteiger partial charge in [0.1, 0.15) is 0 Å². The smallest absolute Gasteiger partial charge is 0.336 e. The highest BCUT2D eigenvalue weighted by Crippen LogP contribution is 2.39. The van der Waals surface area contributed by atoms with E-state index in [2.05, 4.69) is 11.4 Å². The second-order valence-corrected chi connectivity index (χ2v) is 5.07. The van der Waals surface area contributed by atoms with Crippen molar-refractivity contribution in [3.05, 3.63) is 47.0 Å². The molecule has 2 atom stereocenters. The summed E-state index contributed by atoms with van der Waals surface area (Å²) in [6.45, 7) is 0.977. The molecular weight excluding hydrogens is 226 g/mol. The van der Waals surface area contributed by atoms with Gasteiger partial charge in [0.05, 0.1) is 11.6 Å². The topological polar surface area (TPSA) is 49.3 Å². The fourth-order valence-electron chi connectivity index (χ4n) is 3.15. The predicted molar refractivity (Wildman–Crippen MR) is 69.6 cm³/mol. The minimum absolute atomic E-state index is 0.0996. The standard InChI is InChI=1S/C15H17NO2/c17-15(18)13-8-4-3-7-12(13)14-11-6-2-1-5-10(11)9-16-14/h3-4,6-8,10,14,16H,1-2,5,9H2,(H,17,18). The monoisotopic (exact) mass is 243 g/mol. The van der Waals surface area contributed by atoms with Crippen LogP contribution in [-0.2, 0) is 0 Å². The molecule has 1 saturated heterocycles. The van der Waals surface area contributed by atoms with Gasteiger partial charge in [-0.3, -0.25) is 0 Å². The van der Waals surface area contributed by atoms with Crippen molar-refractivity contribution < 1.29 is 9.90 Å². The zero-order valence-corrected chi connectivity index (χ0v) is 10.2. The lowest BCUT2D eigenvalue weighted by Gasteiger charge is -2.21. The Kier molecular flexibility index (Phi) is 2.92. The second kappa shape index (κ2) is 4.58. The summed E-state index contributed by atoms with van der Waals surface area (Å²) in [7, 11) is 0. The molecule has 0 aromatic heterocycles. The number of aromatic carboxylic acids is 1. The molecule has 1 aliphatic heterocycles. The summed E-state index contributed by atoms with van der Waals surface area (Å²) < 4.78 is 0. The number of nitrogens with one attached hydrogen (secondary N) is 1. The van der Waals surface area contributed by atoms with Crippen molar-refractivity contribution in [1.29, 1.82) is 0 Å². The van der Waals surface area contributed by atoms with Gasteiger partial charge in [-0.2, -0.15) is 0 Å². The van der Waals surface area contributed by atoms with Crippen LogP contribution in [0.25, 0.3) is 0 Å². The van der Waals surface area contributed by atoms with Crippen LogP contribution in [0.5, 0.6) is 0 Å². The molecule has 1 heterocycles. The van der Waals surface area contributed by atoms with Gasteiger partial charge in [-0.15, -0.1) is 0 Å². The van der Waals surface area contributed by atoms with E-state index in [0.717, 1.165) is 18.5 Å². The van der Waals surface area contributed by atoms with Crippen LogP contribution in [0.3, 0.4) is 0 Å². The van der Waals surface area contributed by atoms with Gasteiger partial charge in [0.15, 0.2) is 0 Å². The van der Waals surface area contributed by atoms with E-state index in [9.17, 15) is 9.90 Å². The summed E-state index contributed by atoms with van der Waals surface area (Å²) in [5.74, 6) is -0.238. The highest BCUT2D eigenvalue weighted by Gasteiger charge is 2.33. The zero-order valence-electron chi connectivity index (χ0n) is 10.2. The first kappa shape index (κ1) is 11.5. The van der Waals surface area contributed by atoms with Gasteiger partial charge in [0, 0.05) is 6.54 Å². The molecule has 0 spiro atoms. The number of carbonyl (C=O) groups is 1. The van der Waals surface area contributed by atoms with E-state index < -0.39 is 5.97 Å². The first-order valence-electron chi connectivity index (χ1n) is 6.53. The molecule has 2 N–H and O–H groups in total. The van der Waals surface area contributed by atoms with Gasteiger partial charge in [-0.25, -0.2) is 4.79 Å². The SMILES string of the molecule is O=C(O)c1ccccc1C1NCC2CCCC=C21. The summed E-state index contributed by atoms with van der Waals surface area (Å²) in [4.78, 5) is 11.3. The lowest BCUT2D eigenvalue weighted by Crippen LogP contribution is -2.17. The first-order chi connectivity index (χ1) is 8.77. The molecule has 0 radical (unpaired) electrons. The van der Waals surface area contributed by atoms with Crippen LogP contribution in [0.15, 0.2) is 35.9 Å². The van der Waals surface area contributed by atoms with Crippen molar-refractivity contribution in [3.63, 3.8) is 0 Å². The average molecular weight is 243 g/mol. The van der Waals surface area contributed by atoms with Crippen molar-refractivity contribution in [3.8, 4) is 0 Å². The molecule has 3 heteroatoms. The van der Waals surface area contributed by atoms with Gasteiger partial charge >= 0.3 is 5.97 Å². The van der Waals surface area contributed by atoms with Crippen molar-refractivity contribution in [1.82, 2.24) is 5.32 Å². The van der Waals surface area contributed by atoms with Crippen LogP contribution in [0.2, 0.25) is 0 Å². The quantitative estimate of drug-likeness (QED) is 0.785. The fraction of sp³-hybridized carbons (Fsp3) is 0.400. The Bertz CT molecular complexity index is 507. The molecule has 1 fully saturated rings. The average Bonchev–Trinajstić information content (AvgIpc) is 2.82. The van der Waals surface area contributed by atoms with E-state index in [0.29, 0.717) is 11.5 Å². The van der Waals surface area contributed by atoms with E-state index in [1.807, 2.05) is 12.1 Å². The van der Waals surface area contributed by atoms with E-state index in [1.54, 1.807) is 12.1 Å². The number of allylic oxidation sites excluding steroid dienone is 1. The molecule has 3 rings (SSSR count). The van der Waals surface area contributed by atoms with Crippen LogP contribution in [-0.4, -0.2) is 17.6 Å². The normalized spacial score (nSPS) is 26.6. The van der Waals surface area contributed by atoms with Gasteiger partial charge in [-0.05, 0) is 42.4 Å². The molecule has 2 unspecified atom stereocenters. The molecule has 0 amide bonds. The van der Waals surface area contributed by atoms with Gasteiger partial charge in [0.25, 0.3) is 0 Å². The molecule has 1 aromatic rings. The van der Waals surface area contributed by atoms with E-state index in [-0.39, 0.29) is 6.04 Å². The second-order valence-electron chi connectivity index (χ2n) is 5.07. The third kappa shape index (κ3) is 1.85. The van der Waals surface area contributed by atoms with Crippen LogP contribution < -0.4 is 5.32 Å². The molecule has 2 aliphatic rings. The molecular formula is C15H17NO2. The minimum atomic E-state index is -0.841. The summed E-state index contributed by atoms with van der Waals surface area (Å²) >= 11 is 0. The van der Waals surface area contributed by atoms with Crippen LogP contribution >= 0.6 is 0 Å². The fourth-order valence-corrected chi connectivity index (χ4v) is 3.15. The van der Waals surface area contributed by atoms with E-state index >= 15 is 0 Å². The summed E-state index contributed by atoms with van der Waals surface area (Å²) in [6.07, 6.45) is 5.91. The van der Waals surface area contributed by atoms with Gasteiger partial charge in [0.2, 0.25) is 0 Å². The molecule has 3 nitrogen and oxygen atoms in total. The third-order valence-corrected chi connectivity index (χ3v) is 4.01. The lowest BCUT2D eigenvalue weighted by atomic mass is 9.84. The number of carboxylic acid groups (broad SMARTS) is 1. The summed E-state index contributed by atoms with van der Waals surface area (Å²) in [5, 5.41) is 12.8. The number of hydrogen-bond donors (Lipinski definition) is 2. The Labute approximate surface area is 107 Å². The highest BCUT2D eigenvalue weighted by molar-refractivity contribution is 5.89. The van der Waals surface area contributed by atoms with Crippen LogP contribution in [0.4, 0.5) is 0 Å². The first-order valence-corrected chi connectivity index (χ1v) is 6.53. The Morgan fingerprint density at radius 3 is 3.00 bits per heavy atom. The zero-order chi connectivity index (χ0) is 12.5. The summed E-state index contributed by atoms with van der Waals surface area (Å²) in [6, 6.07) is 7.42. The lowest BCUT2D eigenvalue weighted by molar-refractivity contribution is 0.0695. The summed E-state index contributed by atoms with van der Waals surface area (Å²) in [5.41, 5.74) is 2.72. The van der Waals surface area contributed by atoms with E-state index in [1.165, 1.54) is 18.4 Å². The number of benzene rings is 1. The Balaban J connectivity index is 2.01. The molecule has 0 saturated carbocycles. The molecule has 1 aromatic carbocycles. The maximum Gasteiger partial charge on any atom is 0.336 e. The minimum Gasteiger partial charge on any atom is -0.478 e. The number of fused-ring (bicyclic) bond motifs is 1. The third-order valence-electron chi connectivity index (χ3n) is 4.01. The Morgan fingerprint density at radius 2 is 2.17 bits per heavy atom. The highest BCUT2D eigenvalue weighted by atomic mass is 16.4. The van der Waals surface area contributed by atoms with Gasteiger partial charge < -0.3 is 10.4 Å². The van der Waals surface area contributed by atoms with Gasteiger partial charge in [-0.1, -0.05) is 24.3 Å². The molecule has 0 bridgehead atoms. The van der Waals surface area contributed by atoms with E-state index in [4.69, 9.17) is 0 Å². The predicted octanol–water partition coefficient (Wildman–Crippen LogP) is 2.76. The van der Waals surface area contributed by atoms with Crippen molar-refractivity contribution in [2.75, 3.05) is 6.54 Å². The maximum absolute atomic E-state index is 11.3. The van der Waals surface area contributed by atoms with Crippen LogP contribution in [0, 0.1) is 5.92 Å². The maximum atomic E-state index is 11.3. The van der Waals surface area contributed by atoms with Crippen molar-refractivity contribution in [2.24, 2.45) is 5.92 Å². The molecule has 18 heavy (non-hydrogen) atoms. The Morgan fingerprint density at radius 1 is 1.33 bits per heavy atom. The number of hydrogen-bond acceptors (Lipinski definition) is 2. The molecule has 94 valence electrons. The largest absolute Gasteiger partial charge is 0.478 e. The molecule has 1 aliphatic carbocycles. The number of rotatable bonds is 2.